The smallest absolute Gasteiger partial charge is 0.326 e. The summed E-state index contributed by atoms with van der Waals surface area (Å²) in [5.74, 6) is 0.301. The summed E-state index contributed by atoms with van der Waals surface area (Å²) in [6, 6.07) is -0.771. The van der Waals surface area contributed by atoms with E-state index in [1.807, 2.05) is 0 Å². The first-order chi connectivity index (χ1) is 11.9. The lowest BCUT2D eigenvalue weighted by Gasteiger charge is -2.48. The van der Waals surface area contributed by atoms with Gasteiger partial charge < -0.3 is 19.6 Å². The zero-order valence-corrected chi connectivity index (χ0v) is 14.6. The Kier molecular flexibility index (Phi) is 4.78. The van der Waals surface area contributed by atoms with Gasteiger partial charge in [-0.3, -0.25) is 4.79 Å². The normalized spacial score (nSPS) is 21.3. The number of aromatic nitrogens is 2. The van der Waals surface area contributed by atoms with Crippen LogP contribution in [0, 0.1) is 5.41 Å². The molecular formula is C17H24N4O4. The van der Waals surface area contributed by atoms with E-state index in [0.717, 1.165) is 32.4 Å². The van der Waals surface area contributed by atoms with E-state index in [-0.39, 0.29) is 11.3 Å². The van der Waals surface area contributed by atoms with E-state index in [0.29, 0.717) is 24.7 Å². The summed E-state index contributed by atoms with van der Waals surface area (Å²) in [5, 5.41) is 9.24. The highest BCUT2D eigenvalue weighted by Crippen LogP contribution is 2.41. The molecule has 1 atom stereocenters. The number of likely N-dealkylation sites (tertiary alicyclic amines) is 1. The maximum absolute atomic E-state index is 12.1. The molecule has 1 amide bonds. The van der Waals surface area contributed by atoms with Gasteiger partial charge in [0, 0.05) is 26.1 Å². The van der Waals surface area contributed by atoms with Gasteiger partial charge in [-0.05, 0) is 31.6 Å². The van der Waals surface area contributed by atoms with E-state index in [2.05, 4.69) is 14.9 Å². The Balaban J connectivity index is 1.65. The van der Waals surface area contributed by atoms with E-state index in [9.17, 15) is 14.7 Å². The molecule has 1 aromatic rings. The lowest BCUT2D eigenvalue weighted by atomic mass is 9.72. The van der Waals surface area contributed by atoms with Crippen LogP contribution in [0.5, 0.6) is 5.75 Å². The third-order valence-corrected chi connectivity index (χ3v) is 5.48. The molecule has 2 aliphatic heterocycles. The summed E-state index contributed by atoms with van der Waals surface area (Å²) in [5.41, 5.74) is 0.000586. The fourth-order valence-corrected chi connectivity index (χ4v) is 3.70. The number of rotatable bonds is 4. The highest BCUT2D eigenvalue weighted by Gasteiger charge is 2.43. The summed E-state index contributed by atoms with van der Waals surface area (Å²) in [6.45, 7) is 3.71. The van der Waals surface area contributed by atoms with Crippen molar-refractivity contribution in [1.82, 2.24) is 14.9 Å². The molecule has 0 radical (unpaired) electrons. The number of hydrogen-bond acceptors (Lipinski definition) is 6. The monoisotopic (exact) mass is 348 g/mol. The minimum absolute atomic E-state index is 0.000586. The second-order valence-corrected chi connectivity index (χ2v) is 6.95. The van der Waals surface area contributed by atoms with Crippen LogP contribution in [-0.2, 0) is 9.59 Å². The van der Waals surface area contributed by atoms with Crippen LogP contribution in [0.15, 0.2) is 12.4 Å². The Morgan fingerprint density at radius 3 is 2.48 bits per heavy atom. The van der Waals surface area contributed by atoms with Gasteiger partial charge in [0.05, 0.1) is 19.5 Å². The molecule has 0 aliphatic carbocycles. The number of amides is 1. The second kappa shape index (κ2) is 6.85. The van der Waals surface area contributed by atoms with Crippen molar-refractivity contribution in [2.75, 3.05) is 31.6 Å². The van der Waals surface area contributed by atoms with Gasteiger partial charge in [-0.2, -0.15) is 0 Å². The van der Waals surface area contributed by atoms with E-state index in [4.69, 9.17) is 4.74 Å². The molecule has 8 nitrogen and oxygen atoms in total. The highest BCUT2D eigenvalue weighted by atomic mass is 16.5. The maximum atomic E-state index is 12.1. The topological polar surface area (TPSA) is 95.9 Å². The number of methoxy groups -OCH3 is 1. The Morgan fingerprint density at radius 2 is 1.92 bits per heavy atom. The summed E-state index contributed by atoms with van der Waals surface area (Å²) in [4.78, 5) is 35.7. The Morgan fingerprint density at radius 1 is 1.28 bits per heavy atom. The van der Waals surface area contributed by atoms with Gasteiger partial charge in [0.2, 0.25) is 11.9 Å². The standard InChI is InChI=1S/C17H24N4O4/c1-12(15(23)24)21-11-17(4-3-14(21)22)5-7-20(8-6-17)16-18-9-13(25-2)10-19-16/h9-10,12H,3-8,11H2,1-2H3,(H,23,24)/t12-/m1/s1. The van der Waals surface area contributed by atoms with Crippen molar-refractivity contribution in [3.05, 3.63) is 12.4 Å². The van der Waals surface area contributed by atoms with Crippen molar-refractivity contribution in [2.45, 2.75) is 38.6 Å². The summed E-state index contributed by atoms with van der Waals surface area (Å²) >= 11 is 0. The number of aliphatic carboxylic acids is 1. The van der Waals surface area contributed by atoms with Crippen molar-refractivity contribution >= 4 is 17.8 Å². The number of ether oxygens (including phenoxy) is 1. The molecule has 3 heterocycles. The van der Waals surface area contributed by atoms with E-state index >= 15 is 0 Å². The molecule has 2 fully saturated rings. The van der Waals surface area contributed by atoms with E-state index in [1.54, 1.807) is 26.4 Å². The quantitative estimate of drug-likeness (QED) is 0.872. The number of carboxylic acids is 1. The minimum atomic E-state index is -0.950. The fraction of sp³-hybridized carbons (Fsp3) is 0.647. The van der Waals surface area contributed by atoms with Gasteiger partial charge in [-0.1, -0.05) is 0 Å². The van der Waals surface area contributed by atoms with Crippen LogP contribution in [0.3, 0.4) is 0 Å². The maximum Gasteiger partial charge on any atom is 0.326 e. The summed E-state index contributed by atoms with van der Waals surface area (Å²) in [7, 11) is 1.58. The van der Waals surface area contributed by atoms with Crippen LogP contribution < -0.4 is 9.64 Å². The zero-order chi connectivity index (χ0) is 18.0. The lowest BCUT2D eigenvalue weighted by Crippen LogP contribution is -2.55. The number of nitrogens with zero attached hydrogens (tertiary/aromatic N) is 4. The Hall–Kier alpha value is -2.38. The Bertz CT molecular complexity index is 641. The average molecular weight is 348 g/mol. The number of anilines is 1. The molecule has 1 aromatic heterocycles. The molecule has 0 aromatic carbocycles. The molecule has 25 heavy (non-hydrogen) atoms. The number of carbonyl (C=O) groups is 2. The minimum Gasteiger partial charge on any atom is -0.494 e. The number of carboxylic acid groups (broad SMARTS) is 1. The predicted octanol–water partition coefficient (Wildman–Crippen LogP) is 1.17. The lowest BCUT2D eigenvalue weighted by molar-refractivity contribution is -0.154. The summed E-state index contributed by atoms with van der Waals surface area (Å²) in [6.07, 6.45) is 6.37. The molecule has 0 bridgehead atoms. The van der Waals surface area contributed by atoms with Crippen molar-refractivity contribution in [2.24, 2.45) is 5.41 Å². The Labute approximate surface area is 146 Å². The molecule has 0 saturated carbocycles. The molecule has 0 unspecified atom stereocenters. The SMILES string of the molecule is COc1cnc(N2CCC3(CCC(=O)N([C@H](C)C(=O)O)C3)CC2)nc1. The van der Waals surface area contributed by atoms with Crippen molar-refractivity contribution in [3.8, 4) is 5.75 Å². The molecule has 8 heteroatoms. The average Bonchev–Trinajstić information content (AvgIpc) is 2.64. The van der Waals surface area contributed by atoms with Crippen LogP contribution in [0.1, 0.15) is 32.6 Å². The molecule has 1 N–H and O–H groups in total. The van der Waals surface area contributed by atoms with Gasteiger partial charge in [-0.15, -0.1) is 0 Å². The van der Waals surface area contributed by atoms with Gasteiger partial charge in [0.1, 0.15) is 6.04 Å². The van der Waals surface area contributed by atoms with Crippen LogP contribution >= 0.6 is 0 Å². The first kappa shape index (κ1) is 17.4. The molecule has 2 saturated heterocycles. The van der Waals surface area contributed by atoms with Crippen molar-refractivity contribution < 1.29 is 19.4 Å². The molecule has 136 valence electrons. The van der Waals surface area contributed by atoms with Gasteiger partial charge >= 0.3 is 5.97 Å². The van der Waals surface area contributed by atoms with E-state index in [1.165, 1.54) is 4.90 Å². The van der Waals surface area contributed by atoms with Crippen LogP contribution in [0.25, 0.3) is 0 Å². The molecule has 3 rings (SSSR count). The van der Waals surface area contributed by atoms with Crippen molar-refractivity contribution in [1.29, 1.82) is 0 Å². The third-order valence-electron chi connectivity index (χ3n) is 5.48. The highest BCUT2D eigenvalue weighted by molar-refractivity contribution is 5.84. The largest absolute Gasteiger partial charge is 0.494 e. The molecule has 1 spiro atoms. The van der Waals surface area contributed by atoms with Gasteiger partial charge in [0.15, 0.2) is 5.75 Å². The van der Waals surface area contributed by atoms with E-state index < -0.39 is 12.0 Å². The van der Waals surface area contributed by atoms with Crippen molar-refractivity contribution in [3.63, 3.8) is 0 Å². The van der Waals surface area contributed by atoms with Crippen LogP contribution in [0.2, 0.25) is 0 Å². The van der Waals surface area contributed by atoms with Gasteiger partial charge in [0.25, 0.3) is 0 Å². The number of hydrogen-bond donors (Lipinski definition) is 1. The third kappa shape index (κ3) is 3.52. The van der Waals surface area contributed by atoms with Gasteiger partial charge in [-0.25, -0.2) is 14.8 Å². The summed E-state index contributed by atoms with van der Waals surface area (Å²) < 4.78 is 5.08. The fourth-order valence-electron chi connectivity index (χ4n) is 3.70. The second-order valence-electron chi connectivity index (χ2n) is 6.95. The number of piperidine rings is 2. The molecule has 2 aliphatic rings. The van der Waals surface area contributed by atoms with Crippen LogP contribution in [0.4, 0.5) is 5.95 Å². The zero-order valence-electron chi connectivity index (χ0n) is 14.6. The number of carbonyl (C=O) groups excluding carboxylic acids is 1. The first-order valence-corrected chi connectivity index (χ1v) is 8.57. The first-order valence-electron chi connectivity index (χ1n) is 8.57. The van der Waals surface area contributed by atoms with Crippen LogP contribution in [-0.4, -0.2) is 64.6 Å². The predicted molar refractivity (Wildman–Crippen MR) is 90.5 cm³/mol. The molecular weight excluding hydrogens is 324 g/mol.